The fourth-order valence-corrected chi connectivity index (χ4v) is 1.46. The van der Waals surface area contributed by atoms with Gasteiger partial charge in [-0.15, -0.1) is 0 Å². The van der Waals surface area contributed by atoms with Crippen LogP contribution in [0.15, 0.2) is 48.8 Å². The molecule has 6 heteroatoms. The lowest BCUT2D eigenvalue weighted by Crippen LogP contribution is -2.40. The van der Waals surface area contributed by atoms with Crippen molar-refractivity contribution in [3.05, 3.63) is 64.5 Å². The maximum atomic E-state index is 11.9. The predicted molar refractivity (Wildman–Crippen MR) is 61.9 cm³/mol. The third-order valence-corrected chi connectivity index (χ3v) is 2.38. The molecule has 0 atom stereocenters. The Morgan fingerprint density at radius 2 is 2.00 bits per heavy atom. The molecule has 0 fully saturated rings. The highest BCUT2D eigenvalue weighted by Crippen LogP contribution is 2.12. The second-order valence-corrected chi connectivity index (χ2v) is 3.62. The number of nitro groups is 1. The van der Waals surface area contributed by atoms with Gasteiger partial charge in [-0.25, -0.2) is 0 Å². The van der Waals surface area contributed by atoms with Crippen LogP contribution in [0.3, 0.4) is 0 Å². The maximum Gasteiger partial charge on any atom is 0.269 e. The van der Waals surface area contributed by atoms with Gasteiger partial charge >= 0.3 is 0 Å². The molecule has 0 radical (unpaired) electrons. The van der Waals surface area contributed by atoms with Crippen molar-refractivity contribution in [1.82, 2.24) is 5.10 Å². The van der Waals surface area contributed by atoms with Crippen molar-refractivity contribution in [2.45, 2.75) is 6.54 Å². The predicted octanol–water partition coefficient (Wildman–Crippen LogP) is 1.16. The zero-order valence-corrected chi connectivity index (χ0v) is 9.39. The van der Waals surface area contributed by atoms with E-state index in [1.54, 1.807) is 24.5 Å². The minimum absolute atomic E-state index is 0.0305. The van der Waals surface area contributed by atoms with Gasteiger partial charge in [-0.1, -0.05) is 4.68 Å². The minimum Gasteiger partial charge on any atom is -0.287 e. The number of benzene rings is 1. The van der Waals surface area contributed by atoms with E-state index in [0.29, 0.717) is 5.56 Å². The van der Waals surface area contributed by atoms with Gasteiger partial charge in [-0.05, 0) is 23.3 Å². The van der Waals surface area contributed by atoms with Crippen molar-refractivity contribution in [1.29, 1.82) is 0 Å². The first-order valence-electron chi connectivity index (χ1n) is 5.25. The lowest BCUT2D eigenvalue weighted by molar-refractivity contribution is -0.741. The summed E-state index contributed by atoms with van der Waals surface area (Å²) in [6.07, 6.45) is 3.27. The smallest absolute Gasteiger partial charge is 0.269 e. The van der Waals surface area contributed by atoms with Crippen molar-refractivity contribution in [3.63, 3.8) is 0 Å². The zero-order chi connectivity index (χ0) is 13.0. The summed E-state index contributed by atoms with van der Waals surface area (Å²) >= 11 is 0. The van der Waals surface area contributed by atoms with Gasteiger partial charge in [-0.2, -0.15) is 0 Å². The molecule has 0 aliphatic heterocycles. The molecule has 0 saturated carbocycles. The number of carbonyl (C=O) groups is 1. The van der Waals surface area contributed by atoms with Crippen LogP contribution in [-0.4, -0.2) is 15.8 Å². The molecular formula is C12H10N3O3+. The van der Waals surface area contributed by atoms with Gasteiger partial charge in [0, 0.05) is 23.8 Å². The molecule has 1 aromatic carbocycles. The fraction of sp³-hybridized carbons (Fsp3) is 0.0833. The quantitative estimate of drug-likeness (QED) is 0.350. The Kier molecular flexibility index (Phi) is 3.38. The highest BCUT2D eigenvalue weighted by molar-refractivity contribution is 5.95. The summed E-state index contributed by atoms with van der Waals surface area (Å²) in [5.41, 5.74) is 0.399. The highest BCUT2D eigenvalue weighted by Gasteiger charge is 2.14. The first kappa shape index (κ1) is 11.8. The molecule has 2 rings (SSSR count). The summed E-state index contributed by atoms with van der Waals surface area (Å²) in [5.74, 6) is -0.145. The molecule has 18 heavy (non-hydrogen) atoms. The van der Waals surface area contributed by atoms with Crippen LogP contribution in [0.4, 0.5) is 5.69 Å². The number of hydrogen-bond acceptors (Lipinski definition) is 4. The van der Waals surface area contributed by atoms with Gasteiger partial charge in [0.15, 0.2) is 6.20 Å². The van der Waals surface area contributed by atoms with E-state index in [0.717, 1.165) is 0 Å². The summed E-state index contributed by atoms with van der Waals surface area (Å²) in [4.78, 5) is 21.8. The SMILES string of the molecule is O=C(C[n+]1ccccn1)c1ccc([N+](=O)[O-])cc1. The van der Waals surface area contributed by atoms with E-state index < -0.39 is 4.92 Å². The Hall–Kier alpha value is -2.63. The number of Topliss-reactive ketones (excluding diaryl/α,β-unsaturated/α-hetero) is 1. The number of hydrogen-bond donors (Lipinski definition) is 0. The average Bonchev–Trinajstić information content (AvgIpc) is 2.40. The minimum atomic E-state index is -0.498. The lowest BCUT2D eigenvalue weighted by atomic mass is 10.1. The standard InChI is InChI=1S/C12H10N3O3/c16-12(9-14-8-2-1-7-13-14)10-3-5-11(6-4-10)15(17)18/h1-8H,9H2/q+1. The summed E-state index contributed by atoms with van der Waals surface area (Å²) in [7, 11) is 0. The Morgan fingerprint density at radius 1 is 1.28 bits per heavy atom. The van der Waals surface area contributed by atoms with Crippen LogP contribution in [0.2, 0.25) is 0 Å². The topological polar surface area (TPSA) is 77.0 Å². The van der Waals surface area contributed by atoms with E-state index in [-0.39, 0.29) is 18.0 Å². The van der Waals surface area contributed by atoms with Gasteiger partial charge in [0.25, 0.3) is 5.69 Å². The zero-order valence-electron chi connectivity index (χ0n) is 9.39. The van der Waals surface area contributed by atoms with Crippen molar-refractivity contribution >= 4 is 11.5 Å². The van der Waals surface area contributed by atoms with Gasteiger partial charge < -0.3 is 0 Å². The summed E-state index contributed by atoms with van der Waals surface area (Å²) < 4.78 is 1.50. The van der Waals surface area contributed by atoms with Gasteiger partial charge in [0.05, 0.1) is 11.1 Å². The Labute approximate surface area is 103 Å². The van der Waals surface area contributed by atoms with E-state index >= 15 is 0 Å². The number of nitro benzene ring substituents is 1. The second kappa shape index (κ2) is 5.13. The average molecular weight is 244 g/mol. The molecule has 1 aromatic heterocycles. The summed E-state index contributed by atoms with van der Waals surface area (Å²) in [6.45, 7) is 0.110. The third kappa shape index (κ3) is 2.73. The van der Waals surface area contributed by atoms with Crippen molar-refractivity contribution in [2.24, 2.45) is 0 Å². The monoisotopic (exact) mass is 244 g/mol. The third-order valence-electron chi connectivity index (χ3n) is 2.38. The maximum absolute atomic E-state index is 11.9. The van der Waals surface area contributed by atoms with Crippen LogP contribution in [0.1, 0.15) is 10.4 Å². The van der Waals surface area contributed by atoms with E-state index in [9.17, 15) is 14.9 Å². The highest BCUT2D eigenvalue weighted by atomic mass is 16.6. The Balaban J connectivity index is 2.12. The van der Waals surface area contributed by atoms with E-state index in [2.05, 4.69) is 5.10 Å². The summed E-state index contributed by atoms with van der Waals surface area (Å²) in [5, 5.41) is 14.5. The molecule has 1 heterocycles. The van der Waals surface area contributed by atoms with E-state index in [4.69, 9.17) is 0 Å². The number of non-ortho nitro benzene ring substituents is 1. The summed E-state index contributed by atoms with van der Waals surface area (Å²) in [6, 6.07) is 9.06. The second-order valence-electron chi connectivity index (χ2n) is 3.62. The van der Waals surface area contributed by atoms with Crippen molar-refractivity contribution in [3.8, 4) is 0 Å². The van der Waals surface area contributed by atoms with Gasteiger partial charge in [0.2, 0.25) is 12.3 Å². The molecule has 0 unspecified atom stereocenters. The number of aromatic nitrogens is 2. The molecule has 0 bridgehead atoms. The van der Waals surface area contributed by atoms with E-state index in [1.165, 1.54) is 28.9 Å². The molecule has 0 amide bonds. The molecular weight excluding hydrogens is 234 g/mol. The van der Waals surface area contributed by atoms with Crippen molar-refractivity contribution < 1.29 is 14.4 Å². The van der Waals surface area contributed by atoms with Crippen LogP contribution < -0.4 is 4.68 Å². The Bertz CT molecular complexity index is 567. The molecule has 90 valence electrons. The number of rotatable bonds is 4. The fourth-order valence-electron chi connectivity index (χ4n) is 1.46. The van der Waals surface area contributed by atoms with Crippen LogP contribution in [0, 0.1) is 10.1 Å². The lowest BCUT2D eigenvalue weighted by Gasteiger charge is -1.96. The normalized spacial score (nSPS) is 10.0. The van der Waals surface area contributed by atoms with Crippen molar-refractivity contribution in [2.75, 3.05) is 0 Å². The van der Waals surface area contributed by atoms with Crippen LogP contribution >= 0.6 is 0 Å². The number of ketones is 1. The van der Waals surface area contributed by atoms with E-state index in [1.807, 2.05) is 0 Å². The van der Waals surface area contributed by atoms with Crippen LogP contribution in [0.5, 0.6) is 0 Å². The molecule has 0 spiro atoms. The first-order chi connectivity index (χ1) is 8.66. The molecule has 0 aliphatic rings. The van der Waals surface area contributed by atoms with Crippen LogP contribution in [-0.2, 0) is 6.54 Å². The van der Waals surface area contributed by atoms with Crippen LogP contribution in [0.25, 0.3) is 0 Å². The molecule has 2 aromatic rings. The number of carbonyl (C=O) groups excluding carboxylic acids is 1. The van der Waals surface area contributed by atoms with Gasteiger partial charge in [0.1, 0.15) is 0 Å². The molecule has 0 saturated heterocycles. The largest absolute Gasteiger partial charge is 0.287 e. The van der Waals surface area contributed by atoms with Gasteiger partial charge in [-0.3, -0.25) is 14.9 Å². The molecule has 0 N–H and O–H groups in total. The Morgan fingerprint density at radius 3 is 2.56 bits per heavy atom. The molecule has 0 aliphatic carbocycles. The molecule has 6 nitrogen and oxygen atoms in total. The first-order valence-corrected chi connectivity index (χ1v) is 5.25. The number of nitrogens with zero attached hydrogens (tertiary/aromatic N) is 3.